The molecule has 0 spiro atoms. The standard InChI is InChI=1S/C17H26N2O2/c18-11-4-6-14-5-3-7-15(13-14)19-17(20)10-9-16-8-1-2-12-21-16/h3,5,7,13,16H,1-2,4,6,8-12,18H2,(H,19,20). The molecule has 1 aromatic rings. The van der Waals surface area contributed by atoms with Crippen molar-refractivity contribution in [2.75, 3.05) is 18.5 Å². The van der Waals surface area contributed by atoms with Crippen molar-refractivity contribution in [3.8, 4) is 0 Å². The highest BCUT2D eigenvalue weighted by Crippen LogP contribution is 2.18. The summed E-state index contributed by atoms with van der Waals surface area (Å²) in [6.07, 6.45) is 6.99. The first-order valence-electron chi connectivity index (χ1n) is 7.98. The number of aryl methyl sites for hydroxylation is 1. The second kappa shape index (κ2) is 8.80. The van der Waals surface area contributed by atoms with Gasteiger partial charge in [0, 0.05) is 18.7 Å². The summed E-state index contributed by atoms with van der Waals surface area (Å²) in [6.45, 7) is 1.54. The van der Waals surface area contributed by atoms with E-state index in [9.17, 15) is 4.79 Å². The minimum atomic E-state index is 0.0696. The lowest BCUT2D eigenvalue weighted by Gasteiger charge is -2.22. The lowest BCUT2D eigenvalue weighted by molar-refractivity contribution is -0.117. The molecule has 4 nitrogen and oxygen atoms in total. The second-order valence-corrected chi connectivity index (χ2v) is 5.67. The van der Waals surface area contributed by atoms with Crippen LogP contribution < -0.4 is 11.1 Å². The number of rotatable bonds is 7. The Kier molecular flexibility index (Phi) is 6.70. The molecule has 0 aromatic heterocycles. The molecule has 1 amide bonds. The largest absolute Gasteiger partial charge is 0.378 e. The zero-order valence-electron chi connectivity index (χ0n) is 12.6. The SMILES string of the molecule is NCCCc1cccc(NC(=O)CCC2CCCCO2)c1. The molecule has 1 saturated heterocycles. The molecule has 21 heavy (non-hydrogen) atoms. The number of amides is 1. The van der Waals surface area contributed by atoms with Crippen molar-refractivity contribution in [2.45, 2.75) is 51.0 Å². The van der Waals surface area contributed by atoms with E-state index in [1.165, 1.54) is 12.0 Å². The summed E-state index contributed by atoms with van der Waals surface area (Å²) < 4.78 is 5.65. The molecule has 4 heteroatoms. The molecule has 3 N–H and O–H groups in total. The molecule has 1 aliphatic heterocycles. The van der Waals surface area contributed by atoms with Crippen molar-refractivity contribution in [2.24, 2.45) is 5.73 Å². The zero-order valence-corrected chi connectivity index (χ0v) is 12.6. The first kappa shape index (κ1) is 16.0. The zero-order chi connectivity index (χ0) is 14.9. The molecule has 0 saturated carbocycles. The van der Waals surface area contributed by atoms with Gasteiger partial charge in [-0.05, 0) is 62.8 Å². The third-order valence-corrected chi connectivity index (χ3v) is 3.85. The minimum Gasteiger partial charge on any atom is -0.378 e. The van der Waals surface area contributed by atoms with Crippen LogP contribution in [0.3, 0.4) is 0 Å². The van der Waals surface area contributed by atoms with Crippen LogP contribution in [-0.2, 0) is 16.0 Å². The van der Waals surface area contributed by atoms with Gasteiger partial charge in [0.1, 0.15) is 0 Å². The fourth-order valence-electron chi connectivity index (χ4n) is 2.66. The minimum absolute atomic E-state index is 0.0696. The van der Waals surface area contributed by atoms with E-state index in [0.717, 1.165) is 44.4 Å². The molecule has 1 unspecified atom stereocenters. The van der Waals surface area contributed by atoms with E-state index in [1.807, 2.05) is 18.2 Å². The predicted octanol–water partition coefficient (Wildman–Crippen LogP) is 2.87. The van der Waals surface area contributed by atoms with Gasteiger partial charge in [-0.2, -0.15) is 0 Å². The summed E-state index contributed by atoms with van der Waals surface area (Å²) in [4.78, 5) is 12.0. The fraction of sp³-hybridized carbons (Fsp3) is 0.588. The van der Waals surface area contributed by atoms with E-state index < -0.39 is 0 Å². The van der Waals surface area contributed by atoms with Crippen molar-refractivity contribution in [1.29, 1.82) is 0 Å². The molecule has 1 atom stereocenters. The van der Waals surface area contributed by atoms with Gasteiger partial charge in [0.05, 0.1) is 6.10 Å². The number of hydrogen-bond donors (Lipinski definition) is 2. The normalized spacial score (nSPS) is 18.4. The Hall–Kier alpha value is -1.39. The van der Waals surface area contributed by atoms with Crippen molar-refractivity contribution < 1.29 is 9.53 Å². The number of ether oxygens (including phenoxy) is 1. The van der Waals surface area contributed by atoms with E-state index in [0.29, 0.717) is 13.0 Å². The Morgan fingerprint density at radius 2 is 2.29 bits per heavy atom. The van der Waals surface area contributed by atoms with Gasteiger partial charge >= 0.3 is 0 Å². The van der Waals surface area contributed by atoms with E-state index in [-0.39, 0.29) is 12.0 Å². The summed E-state index contributed by atoms with van der Waals surface area (Å²) >= 11 is 0. The number of anilines is 1. The van der Waals surface area contributed by atoms with E-state index in [1.54, 1.807) is 0 Å². The Morgan fingerprint density at radius 3 is 3.05 bits per heavy atom. The second-order valence-electron chi connectivity index (χ2n) is 5.67. The smallest absolute Gasteiger partial charge is 0.224 e. The lowest BCUT2D eigenvalue weighted by atomic mass is 10.0. The van der Waals surface area contributed by atoms with Crippen LogP contribution in [-0.4, -0.2) is 25.2 Å². The third-order valence-electron chi connectivity index (χ3n) is 3.85. The van der Waals surface area contributed by atoms with Gasteiger partial charge in [0.25, 0.3) is 0 Å². The summed E-state index contributed by atoms with van der Waals surface area (Å²) in [5.74, 6) is 0.0696. The molecule has 1 aliphatic rings. The number of nitrogens with two attached hydrogens (primary N) is 1. The van der Waals surface area contributed by atoms with Gasteiger partial charge in [-0.1, -0.05) is 12.1 Å². The highest BCUT2D eigenvalue weighted by atomic mass is 16.5. The van der Waals surface area contributed by atoms with E-state index >= 15 is 0 Å². The summed E-state index contributed by atoms with van der Waals surface area (Å²) in [6, 6.07) is 8.01. The molecule has 0 aliphatic carbocycles. The predicted molar refractivity (Wildman–Crippen MR) is 85.3 cm³/mol. The van der Waals surface area contributed by atoms with Crippen LogP contribution in [0.2, 0.25) is 0 Å². The maximum atomic E-state index is 12.0. The maximum absolute atomic E-state index is 12.0. The number of nitrogens with one attached hydrogen (secondary N) is 1. The van der Waals surface area contributed by atoms with E-state index in [4.69, 9.17) is 10.5 Å². The Morgan fingerprint density at radius 1 is 1.38 bits per heavy atom. The van der Waals surface area contributed by atoms with E-state index in [2.05, 4.69) is 11.4 Å². The highest BCUT2D eigenvalue weighted by Gasteiger charge is 2.15. The highest BCUT2D eigenvalue weighted by molar-refractivity contribution is 5.90. The average Bonchev–Trinajstić information content (AvgIpc) is 2.52. The van der Waals surface area contributed by atoms with Crippen molar-refractivity contribution in [3.63, 3.8) is 0 Å². The monoisotopic (exact) mass is 290 g/mol. The van der Waals surface area contributed by atoms with Crippen LogP contribution in [0.25, 0.3) is 0 Å². The number of hydrogen-bond acceptors (Lipinski definition) is 3. The molecule has 116 valence electrons. The molecule has 2 rings (SSSR count). The number of carbonyl (C=O) groups is 1. The first-order valence-corrected chi connectivity index (χ1v) is 7.98. The fourth-order valence-corrected chi connectivity index (χ4v) is 2.66. The molecule has 1 heterocycles. The van der Waals surface area contributed by atoms with Gasteiger partial charge in [0.15, 0.2) is 0 Å². The van der Waals surface area contributed by atoms with Gasteiger partial charge in [0.2, 0.25) is 5.91 Å². The molecule has 1 fully saturated rings. The number of carbonyl (C=O) groups excluding carboxylic acids is 1. The van der Waals surface area contributed by atoms with Crippen LogP contribution in [0.4, 0.5) is 5.69 Å². The van der Waals surface area contributed by atoms with Gasteiger partial charge in [-0.25, -0.2) is 0 Å². The quantitative estimate of drug-likeness (QED) is 0.811. The van der Waals surface area contributed by atoms with Crippen LogP contribution in [0.5, 0.6) is 0 Å². The van der Waals surface area contributed by atoms with Gasteiger partial charge in [-0.15, -0.1) is 0 Å². The van der Waals surface area contributed by atoms with Gasteiger partial charge in [-0.3, -0.25) is 4.79 Å². The van der Waals surface area contributed by atoms with Crippen LogP contribution in [0.1, 0.15) is 44.1 Å². The summed E-state index contributed by atoms with van der Waals surface area (Å²) in [5, 5.41) is 2.97. The lowest BCUT2D eigenvalue weighted by Crippen LogP contribution is -2.21. The molecule has 0 radical (unpaired) electrons. The van der Waals surface area contributed by atoms with Crippen molar-refractivity contribution >= 4 is 11.6 Å². The first-order chi connectivity index (χ1) is 10.3. The number of benzene rings is 1. The molecule has 1 aromatic carbocycles. The van der Waals surface area contributed by atoms with Crippen molar-refractivity contribution in [3.05, 3.63) is 29.8 Å². The Bertz CT molecular complexity index is 442. The van der Waals surface area contributed by atoms with Gasteiger partial charge < -0.3 is 15.8 Å². The third kappa shape index (κ3) is 5.86. The molecular formula is C17H26N2O2. The summed E-state index contributed by atoms with van der Waals surface area (Å²) in [5.41, 5.74) is 7.61. The Labute approximate surface area is 127 Å². The topological polar surface area (TPSA) is 64.3 Å². The average molecular weight is 290 g/mol. The molecule has 0 bridgehead atoms. The van der Waals surface area contributed by atoms with Crippen LogP contribution in [0.15, 0.2) is 24.3 Å². The van der Waals surface area contributed by atoms with Crippen LogP contribution >= 0.6 is 0 Å². The Balaban J connectivity index is 1.76. The summed E-state index contributed by atoms with van der Waals surface area (Å²) in [7, 11) is 0. The molecular weight excluding hydrogens is 264 g/mol. The maximum Gasteiger partial charge on any atom is 0.224 e. The van der Waals surface area contributed by atoms with Crippen LogP contribution in [0, 0.1) is 0 Å². The van der Waals surface area contributed by atoms with Crippen molar-refractivity contribution in [1.82, 2.24) is 0 Å².